The number of carbonyl (C=O) groups is 1. The van der Waals surface area contributed by atoms with Crippen LogP contribution in [-0.4, -0.2) is 27.4 Å². The Morgan fingerprint density at radius 2 is 1.95 bits per heavy atom. The highest BCUT2D eigenvalue weighted by Crippen LogP contribution is 2.19. The van der Waals surface area contributed by atoms with E-state index in [0.717, 1.165) is 5.69 Å². The number of fused-ring (bicyclic) bond motifs is 1. The van der Waals surface area contributed by atoms with Gasteiger partial charge in [0.2, 0.25) is 0 Å². The summed E-state index contributed by atoms with van der Waals surface area (Å²) in [5.41, 5.74) is 1.45. The Morgan fingerprint density at radius 3 is 2.65 bits per heavy atom. The van der Waals surface area contributed by atoms with Gasteiger partial charge < -0.3 is 14.4 Å². The van der Waals surface area contributed by atoms with Gasteiger partial charge in [0.15, 0.2) is 11.4 Å². The number of hydrogen-bond donors (Lipinski definition) is 1. The Bertz CT molecular complexity index is 765. The van der Waals surface area contributed by atoms with Gasteiger partial charge in [-0.05, 0) is 24.3 Å². The molecule has 5 nitrogen and oxygen atoms in total. The molecule has 0 spiro atoms. The van der Waals surface area contributed by atoms with E-state index in [9.17, 15) is 9.90 Å². The first-order valence-corrected chi connectivity index (χ1v) is 6.16. The van der Waals surface area contributed by atoms with Crippen LogP contribution in [0.25, 0.3) is 5.65 Å². The molecule has 20 heavy (non-hydrogen) atoms. The minimum absolute atomic E-state index is 0.0499. The molecule has 1 N–H and O–H groups in total. The van der Waals surface area contributed by atoms with Crippen molar-refractivity contribution in [3.8, 4) is 5.75 Å². The quantitative estimate of drug-likeness (QED) is 0.775. The van der Waals surface area contributed by atoms with Crippen molar-refractivity contribution < 1.29 is 9.90 Å². The second-order valence-corrected chi connectivity index (χ2v) is 4.45. The van der Waals surface area contributed by atoms with Crippen molar-refractivity contribution in [3.63, 3.8) is 0 Å². The molecule has 3 aromatic rings. The molecular weight excluding hydrogens is 254 g/mol. The number of rotatable bonds is 2. The van der Waals surface area contributed by atoms with Crippen LogP contribution in [0.15, 0.2) is 54.9 Å². The largest absolute Gasteiger partial charge is 0.504 e. The van der Waals surface area contributed by atoms with Crippen LogP contribution in [0.5, 0.6) is 5.75 Å². The second kappa shape index (κ2) is 4.70. The molecule has 0 aliphatic carbocycles. The molecule has 2 heterocycles. The number of para-hydroxylation sites is 1. The summed E-state index contributed by atoms with van der Waals surface area (Å²) in [6, 6.07) is 12.6. The van der Waals surface area contributed by atoms with Crippen LogP contribution < -0.4 is 4.90 Å². The van der Waals surface area contributed by atoms with Gasteiger partial charge in [-0.1, -0.05) is 18.2 Å². The van der Waals surface area contributed by atoms with Crippen molar-refractivity contribution in [2.75, 3.05) is 11.9 Å². The maximum atomic E-state index is 12.4. The Labute approximate surface area is 115 Å². The first-order chi connectivity index (χ1) is 9.66. The number of benzene rings is 1. The van der Waals surface area contributed by atoms with Gasteiger partial charge in [0.25, 0.3) is 5.91 Å². The smallest absolute Gasteiger partial charge is 0.278 e. The van der Waals surface area contributed by atoms with Crippen LogP contribution in [-0.2, 0) is 0 Å². The Morgan fingerprint density at radius 1 is 1.20 bits per heavy atom. The summed E-state index contributed by atoms with van der Waals surface area (Å²) < 4.78 is 1.63. The highest BCUT2D eigenvalue weighted by Gasteiger charge is 2.17. The Kier molecular flexibility index (Phi) is 2.87. The van der Waals surface area contributed by atoms with E-state index in [-0.39, 0.29) is 17.4 Å². The summed E-state index contributed by atoms with van der Waals surface area (Å²) in [6.07, 6.45) is 3.35. The number of carbonyl (C=O) groups excluding carboxylic acids is 1. The van der Waals surface area contributed by atoms with Gasteiger partial charge in [-0.15, -0.1) is 0 Å². The number of anilines is 1. The minimum Gasteiger partial charge on any atom is -0.504 e. The molecule has 100 valence electrons. The summed E-state index contributed by atoms with van der Waals surface area (Å²) in [5, 5.41) is 9.71. The van der Waals surface area contributed by atoms with Crippen molar-refractivity contribution in [3.05, 3.63) is 60.6 Å². The van der Waals surface area contributed by atoms with E-state index in [0.29, 0.717) is 5.65 Å². The van der Waals surface area contributed by atoms with E-state index in [1.165, 1.54) is 11.0 Å². The molecule has 0 aliphatic heterocycles. The number of aromatic nitrogens is 2. The predicted octanol–water partition coefficient (Wildman–Crippen LogP) is 2.32. The molecule has 2 aromatic heterocycles. The van der Waals surface area contributed by atoms with E-state index in [2.05, 4.69) is 4.98 Å². The molecule has 1 aromatic carbocycles. The maximum Gasteiger partial charge on any atom is 0.278 e. The molecule has 0 radical (unpaired) electrons. The first kappa shape index (κ1) is 12.2. The van der Waals surface area contributed by atoms with E-state index < -0.39 is 0 Å². The topological polar surface area (TPSA) is 57.8 Å². The Balaban J connectivity index is 1.99. The molecule has 3 rings (SSSR count). The van der Waals surface area contributed by atoms with Crippen LogP contribution in [0.4, 0.5) is 5.69 Å². The molecule has 0 atom stereocenters. The second-order valence-electron chi connectivity index (χ2n) is 4.45. The third-order valence-corrected chi connectivity index (χ3v) is 3.13. The van der Waals surface area contributed by atoms with Gasteiger partial charge in [-0.3, -0.25) is 4.79 Å². The van der Waals surface area contributed by atoms with Gasteiger partial charge in [-0.25, -0.2) is 4.98 Å². The fourth-order valence-corrected chi connectivity index (χ4v) is 2.04. The third-order valence-electron chi connectivity index (χ3n) is 3.13. The first-order valence-electron chi connectivity index (χ1n) is 6.16. The average molecular weight is 267 g/mol. The Hall–Kier alpha value is -2.82. The zero-order valence-corrected chi connectivity index (χ0v) is 10.9. The summed E-state index contributed by atoms with van der Waals surface area (Å²) in [5.74, 6) is -0.173. The summed E-state index contributed by atoms with van der Waals surface area (Å²) >= 11 is 0. The van der Waals surface area contributed by atoms with Gasteiger partial charge in [-0.2, -0.15) is 0 Å². The standard InChI is InChI=1S/C15H13N3O2/c1-17(11-6-3-2-4-7-11)15(20)12-10-18-9-5-8-13(19)14(18)16-12/h2-10,19H,1H3. The summed E-state index contributed by atoms with van der Waals surface area (Å²) in [7, 11) is 1.70. The fraction of sp³-hybridized carbons (Fsp3) is 0.0667. The highest BCUT2D eigenvalue weighted by molar-refractivity contribution is 6.04. The van der Waals surface area contributed by atoms with E-state index in [4.69, 9.17) is 0 Å². The molecule has 0 saturated heterocycles. The molecule has 0 aliphatic rings. The number of pyridine rings is 1. The predicted molar refractivity (Wildman–Crippen MR) is 76.0 cm³/mol. The van der Waals surface area contributed by atoms with Crippen molar-refractivity contribution in [2.24, 2.45) is 0 Å². The van der Waals surface area contributed by atoms with Crippen LogP contribution >= 0.6 is 0 Å². The lowest BCUT2D eigenvalue weighted by Crippen LogP contribution is -2.26. The third kappa shape index (κ3) is 1.99. The van der Waals surface area contributed by atoms with Gasteiger partial charge in [0, 0.05) is 25.1 Å². The molecule has 0 fully saturated rings. The van der Waals surface area contributed by atoms with Crippen molar-refractivity contribution >= 4 is 17.2 Å². The van der Waals surface area contributed by atoms with E-state index >= 15 is 0 Å². The van der Waals surface area contributed by atoms with E-state index in [1.54, 1.807) is 29.9 Å². The number of nitrogens with zero attached hydrogens (tertiary/aromatic N) is 3. The molecule has 1 amide bonds. The number of aromatic hydroxyl groups is 1. The van der Waals surface area contributed by atoms with Gasteiger partial charge >= 0.3 is 0 Å². The maximum absolute atomic E-state index is 12.4. The average Bonchev–Trinajstić information content (AvgIpc) is 2.92. The molecule has 5 heteroatoms. The summed E-state index contributed by atoms with van der Waals surface area (Å²) in [6.45, 7) is 0. The van der Waals surface area contributed by atoms with Crippen molar-refractivity contribution in [1.29, 1.82) is 0 Å². The van der Waals surface area contributed by atoms with Crippen LogP contribution in [0.3, 0.4) is 0 Å². The zero-order valence-electron chi connectivity index (χ0n) is 10.9. The molecular formula is C15H13N3O2. The monoisotopic (exact) mass is 267 g/mol. The van der Waals surface area contributed by atoms with Crippen molar-refractivity contribution in [2.45, 2.75) is 0 Å². The minimum atomic E-state index is -0.223. The van der Waals surface area contributed by atoms with Crippen LogP contribution in [0.2, 0.25) is 0 Å². The van der Waals surface area contributed by atoms with Crippen molar-refractivity contribution in [1.82, 2.24) is 9.38 Å². The van der Waals surface area contributed by atoms with Gasteiger partial charge in [0.1, 0.15) is 5.69 Å². The zero-order chi connectivity index (χ0) is 14.1. The fourth-order valence-electron chi connectivity index (χ4n) is 2.04. The highest BCUT2D eigenvalue weighted by atomic mass is 16.3. The number of hydrogen-bond acceptors (Lipinski definition) is 3. The lowest BCUT2D eigenvalue weighted by Gasteiger charge is -2.15. The molecule has 0 unspecified atom stereocenters. The number of amides is 1. The van der Waals surface area contributed by atoms with Crippen LogP contribution in [0, 0.1) is 0 Å². The van der Waals surface area contributed by atoms with Crippen LogP contribution in [0.1, 0.15) is 10.5 Å². The van der Waals surface area contributed by atoms with E-state index in [1.807, 2.05) is 30.3 Å². The molecule has 0 saturated carbocycles. The lowest BCUT2D eigenvalue weighted by molar-refractivity contribution is 0.0989. The summed E-state index contributed by atoms with van der Waals surface area (Å²) in [4.78, 5) is 18.1. The number of imidazole rings is 1. The normalized spacial score (nSPS) is 10.7. The van der Waals surface area contributed by atoms with Gasteiger partial charge in [0.05, 0.1) is 0 Å². The molecule has 0 bridgehead atoms. The SMILES string of the molecule is CN(C(=O)c1cn2cccc(O)c2n1)c1ccccc1. The lowest BCUT2D eigenvalue weighted by atomic mass is 10.3.